The van der Waals surface area contributed by atoms with Crippen molar-refractivity contribution in [2.24, 2.45) is 5.73 Å². The Hall–Kier alpha value is -0.160. The Bertz CT molecular complexity index is 165. The van der Waals surface area contributed by atoms with Gasteiger partial charge in [-0.1, -0.05) is 13.8 Å². The highest BCUT2D eigenvalue weighted by Crippen LogP contribution is 2.30. The molecule has 0 aromatic heterocycles. The Morgan fingerprint density at radius 2 is 2.17 bits per heavy atom. The average Bonchev–Trinajstić information content (AvgIpc) is 2.76. The molecule has 1 aliphatic heterocycles. The van der Waals surface area contributed by atoms with Crippen molar-refractivity contribution in [2.45, 2.75) is 50.6 Å². The first-order chi connectivity index (χ1) is 5.55. The highest BCUT2D eigenvalue weighted by Gasteiger charge is 2.55. The molecular formula is C8H18N2O2. The molecule has 72 valence electrons. The van der Waals surface area contributed by atoms with Crippen molar-refractivity contribution >= 4 is 0 Å². The molecule has 4 heteroatoms. The van der Waals surface area contributed by atoms with Crippen molar-refractivity contribution in [3.8, 4) is 0 Å². The molecule has 5 N–H and O–H groups in total. The fourth-order valence-electron chi connectivity index (χ4n) is 1.41. The third-order valence-electron chi connectivity index (χ3n) is 2.63. The van der Waals surface area contributed by atoms with Crippen LogP contribution >= 0.6 is 0 Å². The lowest BCUT2D eigenvalue weighted by atomic mass is 10.0. The van der Waals surface area contributed by atoms with E-state index >= 15 is 0 Å². The van der Waals surface area contributed by atoms with Crippen molar-refractivity contribution in [3.05, 3.63) is 0 Å². The van der Waals surface area contributed by atoms with Gasteiger partial charge >= 0.3 is 0 Å². The molecule has 1 heterocycles. The summed E-state index contributed by atoms with van der Waals surface area (Å²) in [7, 11) is 0. The molecule has 12 heavy (non-hydrogen) atoms. The highest BCUT2D eigenvalue weighted by atomic mass is 16.3. The third-order valence-corrected chi connectivity index (χ3v) is 2.63. The lowest BCUT2D eigenvalue weighted by Crippen LogP contribution is -2.40. The van der Waals surface area contributed by atoms with Gasteiger partial charge in [-0.25, -0.2) is 0 Å². The van der Waals surface area contributed by atoms with Crippen LogP contribution in [0, 0.1) is 0 Å². The fourth-order valence-corrected chi connectivity index (χ4v) is 1.41. The molecule has 1 saturated heterocycles. The Kier molecular flexibility index (Phi) is 2.73. The lowest BCUT2D eigenvalue weighted by Gasteiger charge is -2.16. The first-order valence-corrected chi connectivity index (χ1v) is 4.49. The summed E-state index contributed by atoms with van der Waals surface area (Å²) in [4.78, 5) is 0. The van der Waals surface area contributed by atoms with Gasteiger partial charge in [0.25, 0.3) is 0 Å². The number of nitrogens with one attached hydrogen (secondary N) is 1. The van der Waals surface area contributed by atoms with Gasteiger partial charge in [0.2, 0.25) is 0 Å². The van der Waals surface area contributed by atoms with E-state index in [1.807, 2.05) is 13.8 Å². The summed E-state index contributed by atoms with van der Waals surface area (Å²) in [6.07, 6.45) is 0.685. The molecule has 0 aromatic rings. The van der Waals surface area contributed by atoms with E-state index in [2.05, 4.69) is 5.32 Å². The number of nitrogens with two attached hydrogens (primary N) is 1. The molecule has 0 spiro atoms. The summed E-state index contributed by atoms with van der Waals surface area (Å²) < 4.78 is 0. The number of hydrogen-bond acceptors (Lipinski definition) is 4. The van der Waals surface area contributed by atoms with Crippen molar-refractivity contribution < 1.29 is 10.2 Å². The summed E-state index contributed by atoms with van der Waals surface area (Å²) in [5, 5.41) is 22.0. The van der Waals surface area contributed by atoms with E-state index in [1.165, 1.54) is 0 Å². The second-order valence-electron chi connectivity index (χ2n) is 3.46. The van der Waals surface area contributed by atoms with Crippen LogP contribution in [-0.2, 0) is 0 Å². The van der Waals surface area contributed by atoms with Crippen LogP contribution in [0.5, 0.6) is 0 Å². The quantitative estimate of drug-likeness (QED) is 0.418. The zero-order valence-electron chi connectivity index (χ0n) is 7.62. The van der Waals surface area contributed by atoms with Gasteiger partial charge in [0.05, 0.1) is 12.1 Å². The van der Waals surface area contributed by atoms with Crippen molar-refractivity contribution in [1.82, 2.24) is 5.32 Å². The Labute approximate surface area is 72.8 Å². The van der Waals surface area contributed by atoms with E-state index in [-0.39, 0.29) is 12.1 Å². The molecular weight excluding hydrogens is 156 g/mol. The largest absolute Gasteiger partial charge is 0.390 e. The summed E-state index contributed by atoms with van der Waals surface area (Å²) in [5.74, 6) is 0. The maximum atomic E-state index is 9.59. The van der Waals surface area contributed by atoms with Gasteiger partial charge in [-0.15, -0.1) is 0 Å². The molecule has 0 amide bonds. The van der Waals surface area contributed by atoms with E-state index in [4.69, 9.17) is 5.73 Å². The summed E-state index contributed by atoms with van der Waals surface area (Å²) in [6.45, 7) is 3.79. The predicted molar refractivity (Wildman–Crippen MR) is 46.4 cm³/mol. The summed E-state index contributed by atoms with van der Waals surface area (Å²) >= 11 is 0. The van der Waals surface area contributed by atoms with Gasteiger partial charge < -0.3 is 15.9 Å². The highest BCUT2D eigenvalue weighted by molar-refractivity contribution is 5.10. The fraction of sp³-hybridized carbons (Fsp3) is 1.00. The van der Waals surface area contributed by atoms with Crippen LogP contribution in [0.15, 0.2) is 0 Å². The first kappa shape index (κ1) is 9.92. The van der Waals surface area contributed by atoms with Gasteiger partial charge in [0.1, 0.15) is 5.72 Å². The minimum absolute atomic E-state index is 0.238. The van der Waals surface area contributed by atoms with Crippen LogP contribution in [0.2, 0.25) is 0 Å². The Morgan fingerprint density at radius 3 is 2.50 bits per heavy atom. The van der Waals surface area contributed by atoms with Crippen molar-refractivity contribution in [2.75, 3.05) is 0 Å². The van der Waals surface area contributed by atoms with E-state index in [0.717, 1.165) is 6.42 Å². The number of aliphatic hydroxyl groups is 2. The van der Waals surface area contributed by atoms with Crippen LogP contribution in [0.1, 0.15) is 26.7 Å². The molecule has 0 bridgehead atoms. The van der Waals surface area contributed by atoms with Crippen LogP contribution in [-0.4, -0.2) is 34.1 Å². The molecule has 1 rings (SSSR count). The van der Waals surface area contributed by atoms with Gasteiger partial charge in [0, 0.05) is 6.04 Å². The zero-order chi connectivity index (χ0) is 9.35. The number of hydrogen-bond donors (Lipinski definition) is 4. The third kappa shape index (κ3) is 1.61. The topological polar surface area (TPSA) is 88.4 Å². The first-order valence-electron chi connectivity index (χ1n) is 4.49. The van der Waals surface area contributed by atoms with Crippen LogP contribution < -0.4 is 11.1 Å². The van der Waals surface area contributed by atoms with Gasteiger partial charge in [-0.2, -0.15) is 0 Å². The van der Waals surface area contributed by atoms with Gasteiger partial charge in [-0.3, -0.25) is 5.32 Å². The maximum Gasteiger partial charge on any atom is 0.134 e. The lowest BCUT2D eigenvalue weighted by molar-refractivity contribution is 0.0782. The number of rotatable bonds is 4. The van der Waals surface area contributed by atoms with E-state index in [9.17, 15) is 10.2 Å². The van der Waals surface area contributed by atoms with E-state index in [1.54, 1.807) is 0 Å². The predicted octanol–water partition coefficient (Wildman–Crippen LogP) is -0.845. The smallest absolute Gasteiger partial charge is 0.134 e. The summed E-state index contributed by atoms with van der Waals surface area (Å²) in [5.41, 5.74) is 4.76. The molecule has 0 radical (unpaired) electrons. The molecule has 4 nitrogen and oxygen atoms in total. The van der Waals surface area contributed by atoms with Gasteiger partial charge in [-0.05, 0) is 12.8 Å². The van der Waals surface area contributed by atoms with Crippen LogP contribution in [0.3, 0.4) is 0 Å². The molecule has 4 atom stereocenters. The molecule has 0 aromatic carbocycles. The standard InChI is InChI=1S/C8H18N2O2/c1-3-5(9)6(11)7-8(12,4-2)10-7/h5-7,10-12H,3-4,9H2,1-2H3. The summed E-state index contributed by atoms with van der Waals surface area (Å²) in [6, 6.07) is -0.486. The molecule has 4 unspecified atom stereocenters. The minimum Gasteiger partial charge on any atom is -0.390 e. The zero-order valence-corrected chi connectivity index (χ0v) is 7.62. The van der Waals surface area contributed by atoms with Crippen molar-refractivity contribution in [1.29, 1.82) is 0 Å². The second kappa shape index (κ2) is 3.30. The second-order valence-corrected chi connectivity index (χ2v) is 3.46. The normalized spacial score (nSPS) is 39.2. The SMILES string of the molecule is CCC(N)C(O)C1NC1(O)CC. The average molecular weight is 174 g/mol. The number of aliphatic hydroxyl groups excluding tert-OH is 1. The van der Waals surface area contributed by atoms with Gasteiger partial charge in [0.15, 0.2) is 0 Å². The molecule has 0 saturated carbocycles. The molecule has 0 aliphatic carbocycles. The van der Waals surface area contributed by atoms with Crippen LogP contribution in [0.4, 0.5) is 0 Å². The molecule has 1 aliphatic rings. The maximum absolute atomic E-state index is 9.59. The Morgan fingerprint density at radius 1 is 1.58 bits per heavy atom. The van der Waals surface area contributed by atoms with Crippen LogP contribution in [0.25, 0.3) is 0 Å². The minimum atomic E-state index is -0.869. The molecule has 1 fully saturated rings. The Balaban J connectivity index is 2.42. The van der Waals surface area contributed by atoms with E-state index < -0.39 is 11.8 Å². The monoisotopic (exact) mass is 174 g/mol. The van der Waals surface area contributed by atoms with E-state index in [0.29, 0.717) is 6.42 Å². The van der Waals surface area contributed by atoms with Crippen molar-refractivity contribution in [3.63, 3.8) is 0 Å².